The zero-order chi connectivity index (χ0) is 50.8. The standard InChI is InChI=1S/C72H48BN3O/c1-5-19-49(20-6-1)51-37-40-58(41-38-51)75-68-48-59(76-66-31-17-14-28-61(66)62-29-15-18-32-67(62)76)42-44-63(68)73-64-43-39-54(46-70(64)77-71-47-55(45-69(75)72(71)73)50-21-7-2-8-22-50)52-33-35-53(36-34-52)60-27-13-16-30-65(60)74(56-23-9-3-10-24-56)57-25-11-4-12-26-57/h1-48H. The zero-order valence-corrected chi connectivity index (χ0v) is 42.0. The van der Waals surface area contributed by atoms with Crippen molar-refractivity contribution < 1.29 is 4.74 Å². The van der Waals surface area contributed by atoms with Gasteiger partial charge in [-0.2, -0.15) is 0 Å². The smallest absolute Gasteiger partial charge is 0.256 e. The van der Waals surface area contributed by atoms with Crippen LogP contribution in [0, 0.1) is 0 Å². The molecule has 77 heavy (non-hydrogen) atoms. The first-order valence-corrected chi connectivity index (χ1v) is 26.4. The van der Waals surface area contributed by atoms with E-state index in [-0.39, 0.29) is 6.71 Å². The maximum Gasteiger partial charge on any atom is 0.256 e. The fourth-order valence-corrected chi connectivity index (χ4v) is 12.1. The minimum Gasteiger partial charge on any atom is -0.458 e. The highest BCUT2D eigenvalue weighted by Crippen LogP contribution is 2.46. The van der Waals surface area contributed by atoms with Crippen LogP contribution >= 0.6 is 0 Å². The lowest BCUT2D eigenvalue weighted by atomic mass is 9.34. The molecule has 0 aliphatic carbocycles. The lowest BCUT2D eigenvalue weighted by molar-refractivity contribution is 0.488. The Kier molecular flexibility index (Phi) is 10.6. The van der Waals surface area contributed by atoms with E-state index in [9.17, 15) is 0 Å². The quantitative estimate of drug-likeness (QED) is 0.134. The van der Waals surface area contributed by atoms with E-state index in [4.69, 9.17) is 4.74 Å². The van der Waals surface area contributed by atoms with Gasteiger partial charge in [-0.25, -0.2) is 0 Å². The maximum absolute atomic E-state index is 7.29. The molecule has 15 rings (SSSR count). The SMILES string of the molecule is c1ccc(-c2ccc(N3c4cc(-n5c6ccccc6c6ccccc65)ccc4B4c5ccc(-c6ccc(-c7ccccc7N(c7ccccc7)c7ccccc7)cc6)cc5Oc5cc(-c6ccccc6)cc3c54)cc2)cc1. The molecule has 0 atom stereocenters. The number of benzene rings is 12. The van der Waals surface area contributed by atoms with Gasteiger partial charge in [-0.15, -0.1) is 0 Å². The summed E-state index contributed by atoms with van der Waals surface area (Å²) in [5.74, 6) is 1.73. The second-order valence-electron chi connectivity index (χ2n) is 20.0. The molecule has 0 saturated heterocycles. The first kappa shape index (κ1) is 44.4. The van der Waals surface area contributed by atoms with Crippen LogP contribution in [0.15, 0.2) is 291 Å². The largest absolute Gasteiger partial charge is 0.458 e. The Hall–Kier alpha value is -10.1. The number of aromatic nitrogens is 1. The van der Waals surface area contributed by atoms with Crippen molar-refractivity contribution in [2.45, 2.75) is 0 Å². The van der Waals surface area contributed by atoms with Crippen molar-refractivity contribution in [3.63, 3.8) is 0 Å². The summed E-state index contributed by atoms with van der Waals surface area (Å²) in [6.07, 6.45) is 0. The molecule has 0 N–H and O–H groups in total. The van der Waals surface area contributed by atoms with E-state index in [1.54, 1.807) is 0 Å². The molecule has 0 fully saturated rings. The number of hydrogen-bond acceptors (Lipinski definition) is 3. The third-order valence-electron chi connectivity index (χ3n) is 15.6. The lowest BCUT2D eigenvalue weighted by Gasteiger charge is -2.40. The molecule has 360 valence electrons. The summed E-state index contributed by atoms with van der Waals surface area (Å²) in [4.78, 5) is 4.82. The number of nitrogens with zero attached hydrogens (tertiary/aromatic N) is 3. The maximum atomic E-state index is 7.29. The average Bonchev–Trinajstić information content (AvgIpc) is 4.03. The Bertz CT molecular complexity index is 4260. The highest BCUT2D eigenvalue weighted by molar-refractivity contribution is 6.99. The molecule has 0 amide bonds. The molecule has 2 aliphatic rings. The molecule has 2 aliphatic heterocycles. The van der Waals surface area contributed by atoms with Crippen molar-refractivity contribution in [3.05, 3.63) is 291 Å². The molecule has 13 aromatic rings. The van der Waals surface area contributed by atoms with Gasteiger partial charge in [-0.1, -0.05) is 206 Å². The Morgan fingerprint density at radius 1 is 0.325 bits per heavy atom. The van der Waals surface area contributed by atoms with E-state index in [1.807, 2.05) is 0 Å². The van der Waals surface area contributed by atoms with Crippen molar-refractivity contribution in [1.29, 1.82) is 0 Å². The molecule has 0 saturated carbocycles. The van der Waals surface area contributed by atoms with Crippen LogP contribution in [-0.2, 0) is 0 Å². The first-order valence-electron chi connectivity index (χ1n) is 26.4. The van der Waals surface area contributed by atoms with Gasteiger partial charge in [0.05, 0.1) is 16.7 Å². The van der Waals surface area contributed by atoms with E-state index in [1.165, 1.54) is 38.4 Å². The fourth-order valence-electron chi connectivity index (χ4n) is 12.1. The molecule has 4 nitrogen and oxygen atoms in total. The Morgan fingerprint density at radius 2 is 0.805 bits per heavy atom. The van der Waals surface area contributed by atoms with Crippen molar-refractivity contribution in [2.24, 2.45) is 0 Å². The van der Waals surface area contributed by atoms with Crippen LogP contribution < -0.4 is 30.9 Å². The summed E-state index contributed by atoms with van der Waals surface area (Å²) >= 11 is 0. The summed E-state index contributed by atoms with van der Waals surface area (Å²) < 4.78 is 9.72. The molecule has 0 spiro atoms. The van der Waals surface area contributed by atoms with E-state index >= 15 is 0 Å². The Balaban J connectivity index is 0.880. The van der Waals surface area contributed by atoms with Crippen molar-refractivity contribution in [1.82, 2.24) is 4.57 Å². The topological polar surface area (TPSA) is 20.6 Å². The number of ether oxygens (including phenoxy) is 1. The van der Waals surface area contributed by atoms with Crippen molar-refractivity contribution in [2.75, 3.05) is 9.80 Å². The van der Waals surface area contributed by atoms with Gasteiger partial charge < -0.3 is 19.1 Å². The van der Waals surface area contributed by atoms with Gasteiger partial charge in [0, 0.05) is 50.5 Å². The number of fused-ring (bicyclic) bond motifs is 7. The third-order valence-corrected chi connectivity index (χ3v) is 15.6. The van der Waals surface area contributed by atoms with Gasteiger partial charge in [0.2, 0.25) is 0 Å². The molecular weight excluding hydrogens is 934 g/mol. The lowest BCUT2D eigenvalue weighted by Crippen LogP contribution is -2.59. The molecule has 3 heterocycles. The first-order chi connectivity index (χ1) is 38.2. The van der Waals surface area contributed by atoms with Crippen LogP contribution in [0.25, 0.3) is 72.0 Å². The van der Waals surface area contributed by atoms with Crippen LogP contribution in [0.1, 0.15) is 0 Å². The van der Waals surface area contributed by atoms with Gasteiger partial charge in [0.15, 0.2) is 0 Å². The molecule has 0 unspecified atom stereocenters. The number of rotatable bonds is 9. The number of hydrogen-bond donors (Lipinski definition) is 0. The minimum absolute atomic E-state index is 0.0966. The number of para-hydroxylation sites is 5. The predicted molar refractivity (Wildman–Crippen MR) is 323 cm³/mol. The summed E-state index contributed by atoms with van der Waals surface area (Å²) in [7, 11) is 0. The van der Waals surface area contributed by atoms with Gasteiger partial charge in [-0.05, 0) is 140 Å². The van der Waals surface area contributed by atoms with Crippen molar-refractivity contribution >= 4 is 79.0 Å². The van der Waals surface area contributed by atoms with Crippen LogP contribution in [0.2, 0.25) is 0 Å². The van der Waals surface area contributed by atoms with E-state index < -0.39 is 0 Å². The molecule has 0 bridgehead atoms. The third kappa shape index (κ3) is 7.54. The van der Waals surface area contributed by atoms with E-state index in [0.29, 0.717) is 0 Å². The summed E-state index contributed by atoms with van der Waals surface area (Å²) in [5, 5.41) is 2.48. The second-order valence-corrected chi connectivity index (χ2v) is 20.0. The normalized spacial score (nSPS) is 12.2. The van der Waals surface area contributed by atoms with Crippen LogP contribution in [0.4, 0.5) is 34.1 Å². The van der Waals surface area contributed by atoms with Crippen LogP contribution in [0.5, 0.6) is 11.5 Å². The minimum atomic E-state index is -0.0966. The molecule has 0 radical (unpaired) electrons. The Labute approximate surface area is 448 Å². The monoisotopic (exact) mass is 981 g/mol. The molecular formula is C72H48BN3O. The van der Waals surface area contributed by atoms with E-state index in [0.717, 1.165) is 95.6 Å². The average molecular weight is 982 g/mol. The molecule has 5 heteroatoms. The predicted octanol–water partition coefficient (Wildman–Crippen LogP) is 17.3. The Morgan fingerprint density at radius 3 is 1.47 bits per heavy atom. The fraction of sp³-hybridized carbons (Fsp3) is 0. The summed E-state index contributed by atoms with van der Waals surface area (Å²) in [6.45, 7) is -0.0966. The van der Waals surface area contributed by atoms with Gasteiger partial charge in [0.1, 0.15) is 11.5 Å². The van der Waals surface area contributed by atoms with Gasteiger partial charge in [-0.3, -0.25) is 0 Å². The van der Waals surface area contributed by atoms with Crippen LogP contribution in [-0.4, -0.2) is 11.3 Å². The van der Waals surface area contributed by atoms with Gasteiger partial charge >= 0.3 is 0 Å². The second kappa shape index (κ2) is 18.4. The van der Waals surface area contributed by atoms with E-state index in [2.05, 4.69) is 306 Å². The summed E-state index contributed by atoms with van der Waals surface area (Å²) in [5.41, 5.74) is 22.8. The molecule has 1 aromatic heterocycles. The van der Waals surface area contributed by atoms with Crippen molar-refractivity contribution in [3.8, 4) is 61.7 Å². The summed E-state index contributed by atoms with van der Waals surface area (Å²) in [6, 6.07) is 105. The highest BCUT2D eigenvalue weighted by Gasteiger charge is 2.42. The number of anilines is 6. The molecule has 12 aromatic carbocycles. The van der Waals surface area contributed by atoms with Crippen LogP contribution in [0.3, 0.4) is 0 Å². The zero-order valence-electron chi connectivity index (χ0n) is 42.0. The highest BCUT2D eigenvalue weighted by atomic mass is 16.5. The van der Waals surface area contributed by atoms with Gasteiger partial charge in [0.25, 0.3) is 6.71 Å².